The van der Waals surface area contributed by atoms with Crippen LogP contribution >= 0.6 is 12.2 Å². The van der Waals surface area contributed by atoms with Crippen LogP contribution in [0.2, 0.25) is 0 Å². The molecule has 5 heteroatoms. The number of ether oxygens (including phenoxy) is 1. The quantitative estimate of drug-likeness (QED) is 0.764. The van der Waals surface area contributed by atoms with E-state index in [1.807, 2.05) is 37.3 Å². The van der Waals surface area contributed by atoms with Crippen LogP contribution in [0.25, 0.3) is 0 Å². The van der Waals surface area contributed by atoms with Gasteiger partial charge in [-0.2, -0.15) is 0 Å². The number of carbonyl (C=O) groups is 1. The van der Waals surface area contributed by atoms with Gasteiger partial charge in [0.1, 0.15) is 0 Å². The molecule has 1 aromatic rings. The van der Waals surface area contributed by atoms with Crippen molar-refractivity contribution in [2.24, 2.45) is 11.7 Å². The minimum Gasteiger partial charge on any atom is -0.393 e. The molecular weight excluding hydrogens is 248 g/mol. The fraction of sp³-hybridized carbons (Fsp3) is 0.385. The summed E-state index contributed by atoms with van der Waals surface area (Å²) in [7, 11) is 1.51. The van der Waals surface area contributed by atoms with Crippen molar-refractivity contribution in [2.75, 3.05) is 13.7 Å². The topological polar surface area (TPSA) is 64.3 Å². The van der Waals surface area contributed by atoms with Gasteiger partial charge in [-0.1, -0.05) is 49.5 Å². The lowest BCUT2D eigenvalue weighted by atomic mass is 10.1. The van der Waals surface area contributed by atoms with E-state index < -0.39 is 6.10 Å². The summed E-state index contributed by atoms with van der Waals surface area (Å²) in [5, 5.41) is 2.78. The molecule has 0 aliphatic heterocycles. The van der Waals surface area contributed by atoms with Gasteiger partial charge in [0.2, 0.25) is 0 Å². The van der Waals surface area contributed by atoms with Gasteiger partial charge >= 0.3 is 0 Å². The third-order valence-corrected chi connectivity index (χ3v) is 3.05. The van der Waals surface area contributed by atoms with Gasteiger partial charge in [0.15, 0.2) is 6.10 Å². The first kappa shape index (κ1) is 14.6. The number of thiocarbonyl (C=S) groups is 1. The maximum absolute atomic E-state index is 12.0. The van der Waals surface area contributed by atoms with Crippen molar-refractivity contribution < 1.29 is 9.53 Å². The molecule has 0 aliphatic carbocycles. The molecule has 1 rings (SSSR count). The molecule has 98 valence electrons. The molecule has 0 fully saturated rings. The first-order valence-electron chi connectivity index (χ1n) is 5.71. The summed E-state index contributed by atoms with van der Waals surface area (Å²) in [6.45, 7) is 2.29. The van der Waals surface area contributed by atoms with E-state index in [1.165, 1.54) is 7.11 Å². The van der Waals surface area contributed by atoms with Crippen LogP contribution in [-0.2, 0) is 9.53 Å². The number of hydrogen-bond acceptors (Lipinski definition) is 3. The monoisotopic (exact) mass is 266 g/mol. The van der Waals surface area contributed by atoms with Gasteiger partial charge in [-0.15, -0.1) is 0 Å². The zero-order valence-corrected chi connectivity index (χ0v) is 11.4. The number of carbonyl (C=O) groups excluding carboxylic acids is 1. The van der Waals surface area contributed by atoms with Gasteiger partial charge in [-0.05, 0) is 5.56 Å². The molecule has 0 bridgehead atoms. The first-order chi connectivity index (χ1) is 8.56. The van der Waals surface area contributed by atoms with Crippen LogP contribution in [0, 0.1) is 5.92 Å². The highest BCUT2D eigenvalue weighted by Crippen LogP contribution is 2.16. The zero-order valence-electron chi connectivity index (χ0n) is 10.6. The van der Waals surface area contributed by atoms with Crippen molar-refractivity contribution in [1.82, 2.24) is 5.32 Å². The molecule has 2 unspecified atom stereocenters. The van der Waals surface area contributed by atoms with Crippen LogP contribution in [0.5, 0.6) is 0 Å². The molecule has 3 N–H and O–H groups in total. The maximum atomic E-state index is 12.0. The van der Waals surface area contributed by atoms with Crippen LogP contribution in [0.4, 0.5) is 0 Å². The molecule has 0 saturated carbocycles. The minimum atomic E-state index is -0.607. The van der Waals surface area contributed by atoms with E-state index in [4.69, 9.17) is 22.7 Å². The molecule has 2 atom stereocenters. The highest BCUT2D eigenvalue weighted by Gasteiger charge is 2.20. The Balaban J connectivity index is 2.61. The SMILES string of the molecule is COC(C(=O)NCC(C)C(N)=S)c1ccccc1. The standard InChI is InChI=1S/C13H18N2O2S/c1-9(12(14)18)8-15-13(16)11(17-2)10-6-4-3-5-7-10/h3-7,9,11H,8H2,1-2H3,(H2,14,18)(H,15,16). The molecule has 1 amide bonds. The summed E-state index contributed by atoms with van der Waals surface area (Å²) in [6.07, 6.45) is -0.607. The normalized spacial score (nSPS) is 13.7. The number of rotatable bonds is 6. The Kier molecular flexibility index (Phi) is 5.74. The second-order valence-electron chi connectivity index (χ2n) is 4.07. The molecule has 4 nitrogen and oxygen atoms in total. The summed E-state index contributed by atoms with van der Waals surface area (Å²) in [5.74, 6) is -0.218. The molecule has 0 spiro atoms. The average molecular weight is 266 g/mol. The average Bonchev–Trinajstić information content (AvgIpc) is 2.38. The van der Waals surface area contributed by atoms with E-state index in [0.717, 1.165) is 5.56 Å². The Hall–Kier alpha value is -1.46. The number of amides is 1. The van der Waals surface area contributed by atoms with E-state index in [0.29, 0.717) is 11.5 Å². The third kappa shape index (κ3) is 4.09. The lowest BCUT2D eigenvalue weighted by molar-refractivity contribution is -0.131. The van der Waals surface area contributed by atoms with Crippen molar-refractivity contribution in [3.63, 3.8) is 0 Å². The fourth-order valence-electron chi connectivity index (χ4n) is 1.47. The molecule has 0 saturated heterocycles. The predicted molar refractivity (Wildman–Crippen MR) is 75.2 cm³/mol. The highest BCUT2D eigenvalue weighted by molar-refractivity contribution is 7.80. The van der Waals surface area contributed by atoms with Crippen molar-refractivity contribution in [3.8, 4) is 0 Å². The molecule has 0 heterocycles. The number of benzene rings is 1. The van der Waals surface area contributed by atoms with Gasteiger partial charge < -0.3 is 15.8 Å². The van der Waals surface area contributed by atoms with E-state index in [9.17, 15) is 4.79 Å². The van der Waals surface area contributed by atoms with Crippen LogP contribution < -0.4 is 11.1 Å². The van der Waals surface area contributed by atoms with Crippen LogP contribution in [-0.4, -0.2) is 24.6 Å². The largest absolute Gasteiger partial charge is 0.393 e. The molecule has 0 radical (unpaired) electrons. The zero-order chi connectivity index (χ0) is 13.5. The van der Waals surface area contributed by atoms with Crippen LogP contribution in [0.3, 0.4) is 0 Å². The Bertz CT molecular complexity index is 409. The first-order valence-corrected chi connectivity index (χ1v) is 6.11. The molecule has 18 heavy (non-hydrogen) atoms. The summed E-state index contributed by atoms with van der Waals surface area (Å²) >= 11 is 4.85. The van der Waals surface area contributed by atoms with Gasteiger partial charge in [0, 0.05) is 19.6 Å². The predicted octanol–water partition coefficient (Wildman–Crippen LogP) is 1.41. The van der Waals surface area contributed by atoms with Crippen molar-refractivity contribution in [2.45, 2.75) is 13.0 Å². The van der Waals surface area contributed by atoms with Crippen molar-refractivity contribution in [3.05, 3.63) is 35.9 Å². The van der Waals surface area contributed by atoms with Gasteiger partial charge in [-0.25, -0.2) is 0 Å². The second kappa shape index (κ2) is 7.08. The molecular formula is C13H18N2O2S. The van der Waals surface area contributed by atoms with E-state index >= 15 is 0 Å². The summed E-state index contributed by atoms with van der Waals surface area (Å²) in [5.41, 5.74) is 6.31. The fourth-order valence-corrected chi connectivity index (χ4v) is 1.55. The van der Waals surface area contributed by atoms with Crippen molar-refractivity contribution in [1.29, 1.82) is 0 Å². The maximum Gasteiger partial charge on any atom is 0.253 e. The minimum absolute atomic E-state index is 0.0303. The molecule has 0 aromatic heterocycles. The van der Waals surface area contributed by atoms with E-state index in [-0.39, 0.29) is 11.8 Å². The van der Waals surface area contributed by atoms with E-state index in [1.54, 1.807) is 0 Å². The van der Waals surface area contributed by atoms with Crippen LogP contribution in [0.1, 0.15) is 18.6 Å². The smallest absolute Gasteiger partial charge is 0.253 e. The lowest BCUT2D eigenvalue weighted by Crippen LogP contribution is -2.36. The molecule has 0 aliphatic rings. The Labute approximate surface area is 113 Å². The summed E-state index contributed by atoms with van der Waals surface area (Å²) in [4.78, 5) is 12.4. The molecule has 1 aromatic carbocycles. The van der Waals surface area contributed by atoms with Crippen LogP contribution in [0.15, 0.2) is 30.3 Å². The third-order valence-electron chi connectivity index (χ3n) is 2.64. The Morgan fingerprint density at radius 3 is 2.56 bits per heavy atom. The van der Waals surface area contributed by atoms with E-state index in [2.05, 4.69) is 5.32 Å². The summed E-state index contributed by atoms with van der Waals surface area (Å²) in [6, 6.07) is 9.33. The number of nitrogens with two attached hydrogens (primary N) is 1. The number of methoxy groups -OCH3 is 1. The summed E-state index contributed by atoms with van der Waals surface area (Å²) < 4.78 is 5.21. The van der Waals surface area contributed by atoms with Gasteiger partial charge in [0.05, 0.1) is 4.99 Å². The van der Waals surface area contributed by atoms with Crippen molar-refractivity contribution >= 4 is 23.1 Å². The second-order valence-corrected chi connectivity index (χ2v) is 4.55. The van der Waals surface area contributed by atoms with Gasteiger partial charge in [0.25, 0.3) is 5.91 Å². The highest BCUT2D eigenvalue weighted by atomic mass is 32.1. The van der Waals surface area contributed by atoms with Gasteiger partial charge in [-0.3, -0.25) is 4.79 Å². The lowest BCUT2D eigenvalue weighted by Gasteiger charge is -2.17. The number of hydrogen-bond donors (Lipinski definition) is 2. The Morgan fingerprint density at radius 2 is 2.06 bits per heavy atom. The Morgan fingerprint density at radius 1 is 1.44 bits per heavy atom. The number of nitrogens with one attached hydrogen (secondary N) is 1.